The fourth-order valence-electron chi connectivity index (χ4n) is 2.67. The molecular weight excluding hydrogens is 358 g/mol. The van der Waals surface area contributed by atoms with E-state index in [1.54, 1.807) is 40.0 Å². The van der Waals surface area contributed by atoms with E-state index in [4.69, 9.17) is 14.2 Å². The molecule has 28 heavy (non-hydrogen) atoms. The zero-order chi connectivity index (χ0) is 20.6. The van der Waals surface area contributed by atoms with Crippen molar-refractivity contribution in [1.82, 2.24) is 5.32 Å². The van der Waals surface area contributed by atoms with E-state index >= 15 is 0 Å². The summed E-state index contributed by atoms with van der Waals surface area (Å²) >= 11 is 0. The Hall–Kier alpha value is -2.57. The van der Waals surface area contributed by atoms with E-state index in [-0.39, 0.29) is 6.61 Å². The van der Waals surface area contributed by atoms with Crippen LogP contribution in [0.5, 0.6) is 5.75 Å². The minimum Gasteiger partial charge on any atom is -0.497 e. The summed E-state index contributed by atoms with van der Waals surface area (Å²) in [5.74, 6) is 0.700. The number of amides is 1. The first-order chi connectivity index (χ1) is 13.3. The van der Waals surface area contributed by atoms with Crippen LogP contribution >= 0.6 is 0 Å². The van der Waals surface area contributed by atoms with Crippen molar-refractivity contribution in [2.45, 2.75) is 45.1 Å². The van der Waals surface area contributed by atoms with Crippen molar-refractivity contribution >= 4 is 6.09 Å². The summed E-state index contributed by atoms with van der Waals surface area (Å²) in [5, 5.41) is 12.8. The van der Waals surface area contributed by atoms with E-state index in [1.807, 2.05) is 42.5 Å². The molecule has 0 saturated heterocycles. The van der Waals surface area contributed by atoms with Crippen LogP contribution in [0, 0.1) is 0 Å². The molecule has 6 heteroatoms. The average molecular weight is 387 g/mol. The lowest BCUT2D eigenvalue weighted by Crippen LogP contribution is -2.42. The van der Waals surface area contributed by atoms with Crippen molar-refractivity contribution in [1.29, 1.82) is 0 Å². The molecule has 0 radical (unpaired) electrons. The van der Waals surface area contributed by atoms with Crippen LogP contribution in [-0.4, -0.2) is 36.6 Å². The zero-order valence-electron chi connectivity index (χ0n) is 16.8. The van der Waals surface area contributed by atoms with Gasteiger partial charge in [-0.05, 0) is 44.0 Å². The number of rotatable bonds is 8. The molecule has 0 saturated carbocycles. The minimum atomic E-state index is -0.652. The highest BCUT2D eigenvalue weighted by atomic mass is 16.6. The lowest BCUT2D eigenvalue weighted by atomic mass is 10.0. The molecule has 0 fully saturated rings. The highest BCUT2D eigenvalue weighted by Crippen LogP contribution is 2.24. The molecule has 0 aliphatic carbocycles. The molecule has 0 aromatic heterocycles. The standard InChI is InChI=1S/C22H29NO5/c1-22(2,3)28-21(25)23-20(17-10-12-18(26-4)13-11-17)19(14-24)27-15-16-8-6-5-7-9-16/h5-13,19-20,24H,14-15H2,1-4H3,(H,23,25)/t19-,20-/m1/s1. The van der Waals surface area contributed by atoms with Crippen LogP contribution in [0.1, 0.15) is 37.9 Å². The molecule has 0 aliphatic rings. The third-order valence-corrected chi connectivity index (χ3v) is 4.01. The monoisotopic (exact) mass is 387 g/mol. The lowest BCUT2D eigenvalue weighted by molar-refractivity contribution is -0.0240. The number of ether oxygens (including phenoxy) is 3. The number of aliphatic hydroxyl groups excluding tert-OH is 1. The third kappa shape index (κ3) is 6.87. The van der Waals surface area contributed by atoms with Gasteiger partial charge in [0, 0.05) is 0 Å². The van der Waals surface area contributed by atoms with Crippen LogP contribution in [0.3, 0.4) is 0 Å². The molecule has 2 aromatic rings. The van der Waals surface area contributed by atoms with Crippen LogP contribution in [-0.2, 0) is 16.1 Å². The lowest BCUT2D eigenvalue weighted by Gasteiger charge is -2.29. The molecular formula is C22H29NO5. The van der Waals surface area contributed by atoms with Crippen LogP contribution < -0.4 is 10.1 Å². The second-order valence-electron chi connectivity index (χ2n) is 7.41. The number of nitrogens with one attached hydrogen (secondary N) is 1. The summed E-state index contributed by atoms with van der Waals surface area (Å²) < 4.78 is 16.5. The molecule has 0 bridgehead atoms. The van der Waals surface area contributed by atoms with Crippen molar-refractivity contribution in [3.63, 3.8) is 0 Å². The maximum absolute atomic E-state index is 12.4. The van der Waals surface area contributed by atoms with E-state index in [2.05, 4.69) is 5.32 Å². The molecule has 2 atom stereocenters. The van der Waals surface area contributed by atoms with Gasteiger partial charge in [-0.1, -0.05) is 42.5 Å². The first-order valence-electron chi connectivity index (χ1n) is 9.22. The number of benzene rings is 2. The predicted octanol–water partition coefficient (Wildman–Crippen LogP) is 3.84. The van der Waals surface area contributed by atoms with Gasteiger partial charge in [-0.15, -0.1) is 0 Å². The fourth-order valence-corrected chi connectivity index (χ4v) is 2.67. The first-order valence-corrected chi connectivity index (χ1v) is 9.22. The molecule has 0 aliphatic heterocycles. The summed E-state index contributed by atoms with van der Waals surface area (Å²) in [6.45, 7) is 5.44. The van der Waals surface area contributed by atoms with Crippen molar-refractivity contribution in [3.8, 4) is 5.75 Å². The molecule has 2 rings (SSSR count). The number of methoxy groups -OCH3 is 1. The number of aliphatic hydroxyl groups is 1. The van der Waals surface area contributed by atoms with Crippen molar-refractivity contribution in [3.05, 3.63) is 65.7 Å². The van der Waals surface area contributed by atoms with Crippen LogP contribution in [0.25, 0.3) is 0 Å². The highest BCUT2D eigenvalue weighted by Gasteiger charge is 2.28. The van der Waals surface area contributed by atoms with Gasteiger partial charge in [-0.3, -0.25) is 0 Å². The largest absolute Gasteiger partial charge is 0.497 e. The van der Waals surface area contributed by atoms with Crippen molar-refractivity contribution in [2.75, 3.05) is 13.7 Å². The van der Waals surface area contributed by atoms with Crippen LogP contribution in [0.2, 0.25) is 0 Å². The normalized spacial score (nSPS) is 13.5. The molecule has 6 nitrogen and oxygen atoms in total. The average Bonchev–Trinajstić information content (AvgIpc) is 2.67. The second-order valence-corrected chi connectivity index (χ2v) is 7.41. The Kier molecular flexibility index (Phi) is 7.84. The molecule has 2 N–H and O–H groups in total. The number of hydrogen-bond acceptors (Lipinski definition) is 5. The number of hydrogen-bond donors (Lipinski definition) is 2. The Bertz CT molecular complexity index is 725. The molecule has 0 unspecified atom stereocenters. The van der Waals surface area contributed by atoms with Gasteiger partial charge >= 0.3 is 6.09 Å². The summed E-state index contributed by atoms with van der Waals surface area (Å²) in [6.07, 6.45) is -1.23. The van der Waals surface area contributed by atoms with Gasteiger partial charge < -0.3 is 24.6 Å². The minimum absolute atomic E-state index is 0.265. The summed E-state index contributed by atoms with van der Waals surface area (Å²) in [4.78, 5) is 12.4. The summed E-state index contributed by atoms with van der Waals surface area (Å²) in [6, 6.07) is 16.3. The number of carbonyl (C=O) groups is 1. The van der Waals surface area contributed by atoms with Gasteiger partial charge in [-0.2, -0.15) is 0 Å². The fraction of sp³-hybridized carbons (Fsp3) is 0.409. The van der Waals surface area contributed by atoms with Gasteiger partial charge in [0.25, 0.3) is 0 Å². The van der Waals surface area contributed by atoms with Crippen LogP contribution in [0.15, 0.2) is 54.6 Å². The van der Waals surface area contributed by atoms with Gasteiger partial charge in [0.2, 0.25) is 0 Å². The SMILES string of the molecule is COc1ccc([C@@H](NC(=O)OC(C)(C)C)[C@@H](CO)OCc2ccccc2)cc1. The molecule has 2 aromatic carbocycles. The zero-order valence-corrected chi connectivity index (χ0v) is 16.8. The molecule has 1 amide bonds. The van der Waals surface area contributed by atoms with Gasteiger partial charge in [0.05, 0.1) is 26.4 Å². The van der Waals surface area contributed by atoms with Crippen molar-refractivity contribution in [2.24, 2.45) is 0 Å². The topological polar surface area (TPSA) is 77.0 Å². The van der Waals surface area contributed by atoms with Crippen molar-refractivity contribution < 1.29 is 24.1 Å². The van der Waals surface area contributed by atoms with Gasteiger partial charge in [-0.25, -0.2) is 4.79 Å². The van der Waals surface area contributed by atoms with Gasteiger partial charge in [0.15, 0.2) is 0 Å². The Morgan fingerprint density at radius 3 is 2.25 bits per heavy atom. The first kappa shape index (κ1) is 21.7. The predicted molar refractivity (Wildman–Crippen MR) is 107 cm³/mol. The molecule has 0 heterocycles. The van der Waals surface area contributed by atoms with Gasteiger partial charge in [0.1, 0.15) is 17.5 Å². The second kappa shape index (κ2) is 10.1. The smallest absolute Gasteiger partial charge is 0.408 e. The van der Waals surface area contributed by atoms with E-state index in [0.29, 0.717) is 12.4 Å². The molecule has 152 valence electrons. The summed E-state index contributed by atoms with van der Waals surface area (Å²) in [7, 11) is 1.59. The molecule has 0 spiro atoms. The van der Waals surface area contributed by atoms with E-state index < -0.39 is 23.8 Å². The number of alkyl carbamates (subject to hydrolysis) is 1. The van der Waals surface area contributed by atoms with E-state index in [9.17, 15) is 9.90 Å². The maximum Gasteiger partial charge on any atom is 0.408 e. The Balaban J connectivity index is 2.19. The quantitative estimate of drug-likeness (QED) is 0.720. The Morgan fingerprint density at radius 2 is 1.71 bits per heavy atom. The Labute approximate surface area is 166 Å². The van der Waals surface area contributed by atoms with Crippen LogP contribution in [0.4, 0.5) is 4.79 Å². The Morgan fingerprint density at radius 1 is 1.07 bits per heavy atom. The number of carbonyl (C=O) groups excluding carboxylic acids is 1. The van der Waals surface area contributed by atoms with E-state index in [1.165, 1.54) is 0 Å². The summed E-state index contributed by atoms with van der Waals surface area (Å²) in [5.41, 5.74) is 1.12. The van der Waals surface area contributed by atoms with E-state index in [0.717, 1.165) is 11.1 Å². The highest BCUT2D eigenvalue weighted by molar-refractivity contribution is 5.68. The maximum atomic E-state index is 12.4. The third-order valence-electron chi connectivity index (χ3n) is 4.01.